The van der Waals surface area contributed by atoms with Gasteiger partial charge >= 0.3 is 0 Å². The molecule has 2 fully saturated rings. The summed E-state index contributed by atoms with van der Waals surface area (Å²) in [5.41, 5.74) is 1.26. The van der Waals surface area contributed by atoms with E-state index in [0.717, 1.165) is 64.7 Å². The van der Waals surface area contributed by atoms with Gasteiger partial charge in [0.2, 0.25) is 5.91 Å². The fourth-order valence-electron chi connectivity index (χ4n) is 4.14. The van der Waals surface area contributed by atoms with Gasteiger partial charge in [0, 0.05) is 45.7 Å². The van der Waals surface area contributed by atoms with Gasteiger partial charge in [-0.15, -0.1) is 5.10 Å². The van der Waals surface area contributed by atoms with Crippen LogP contribution in [0.1, 0.15) is 30.3 Å². The number of hydrogen-bond acceptors (Lipinski definition) is 7. The highest BCUT2D eigenvalue weighted by Crippen LogP contribution is 2.24. The molecule has 3 heterocycles. The Hall–Kier alpha value is -2.36. The maximum atomic E-state index is 12.8. The minimum Gasteiger partial charge on any atom is -0.379 e. The molecule has 9 nitrogen and oxygen atoms in total. The van der Waals surface area contributed by atoms with Crippen LogP contribution in [0.25, 0.3) is 0 Å². The van der Waals surface area contributed by atoms with Crippen molar-refractivity contribution >= 4 is 5.91 Å². The molecule has 1 aromatic carbocycles. The standard InChI is InChI=1S/C21H31N7O2/c1-25-10-11-27(16-19(25)18-6-3-2-4-7-18)21(29)8-5-9-28-20(22-23-24-28)17-26-12-14-30-15-13-26/h2-4,6-7,19H,5,8-17H2,1H3. The van der Waals surface area contributed by atoms with Crippen molar-refractivity contribution in [1.29, 1.82) is 0 Å². The fourth-order valence-corrected chi connectivity index (χ4v) is 4.14. The number of aryl methyl sites for hydroxylation is 1. The molecule has 1 amide bonds. The van der Waals surface area contributed by atoms with E-state index in [9.17, 15) is 4.79 Å². The van der Waals surface area contributed by atoms with Gasteiger partial charge in [-0.05, 0) is 29.5 Å². The number of tetrazole rings is 1. The molecule has 30 heavy (non-hydrogen) atoms. The summed E-state index contributed by atoms with van der Waals surface area (Å²) < 4.78 is 7.23. The van der Waals surface area contributed by atoms with E-state index in [1.165, 1.54) is 5.56 Å². The first-order valence-corrected chi connectivity index (χ1v) is 10.8. The van der Waals surface area contributed by atoms with Crippen LogP contribution in [0.4, 0.5) is 0 Å². The van der Waals surface area contributed by atoms with Crippen molar-refractivity contribution in [3.05, 3.63) is 41.7 Å². The van der Waals surface area contributed by atoms with Gasteiger partial charge in [0.1, 0.15) is 0 Å². The number of amides is 1. The van der Waals surface area contributed by atoms with Crippen LogP contribution in [0.2, 0.25) is 0 Å². The molecule has 162 valence electrons. The average Bonchev–Trinajstić information content (AvgIpc) is 3.22. The number of likely N-dealkylation sites (N-methyl/N-ethyl adjacent to an activating group) is 1. The molecule has 1 atom stereocenters. The molecule has 2 saturated heterocycles. The molecule has 2 aromatic rings. The highest BCUT2D eigenvalue weighted by molar-refractivity contribution is 5.76. The summed E-state index contributed by atoms with van der Waals surface area (Å²) in [6.07, 6.45) is 1.25. The molecule has 4 rings (SSSR count). The lowest BCUT2D eigenvalue weighted by molar-refractivity contribution is -0.134. The van der Waals surface area contributed by atoms with Gasteiger partial charge in [-0.3, -0.25) is 14.6 Å². The zero-order chi connectivity index (χ0) is 20.8. The lowest BCUT2D eigenvalue weighted by Gasteiger charge is -2.39. The third kappa shape index (κ3) is 5.21. The smallest absolute Gasteiger partial charge is 0.222 e. The van der Waals surface area contributed by atoms with Crippen LogP contribution in [0.5, 0.6) is 0 Å². The molecule has 0 spiro atoms. The molecule has 0 aliphatic carbocycles. The number of morpholine rings is 1. The maximum absolute atomic E-state index is 12.8. The van der Waals surface area contributed by atoms with Gasteiger partial charge in [0.05, 0.1) is 25.8 Å². The highest BCUT2D eigenvalue weighted by Gasteiger charge is 2.28. The summed E-state index contributed by atoms with van der Waals surface area (Å²) in [4.78, 5) is 19.5. The van der Waals surface area contributed by atoms with Crippen LogP contribution in [-0.4, -0.2) is 93.8 Å². The molecule has 2 aliphatic rings. The monoisotopic (exact) mass is 413 g/mol. The van der Waals surface area contributed by atoms with E-state index in [1.54, 1.807) is 0 Å². The van der Waals surface area contributed by atoms with Crippen molar-refractivity contribution in [2.24, 2.45) is 0 Å². The van der Waals surface area contributed by atoms with Crippen molar-refractivity contribution in [2.75, 3.05) is 53.0 Å². The Morgan fingerprint density at radius 2 is 1.93 bits per heavy atom. The number of carbonyl (C=O) groups is 1. The molecule has 9 heteroatoms. The van der Waals surface area contributed by atoms with Gasteiger partial charge in [0.25, 0.3) is 0 Å². The minimum atomic E-state index is 0.215. The van der Waals surface area contributed by atoms with Crippen LogP contribution in [0, 0.1) is 0 Å². The maximum Gasteiger partial charge on any atom is 0.222 e. The van der Waals surface area contributed by atoms with Crippen LogP contribution in [0.15, 0.2) is 30.3 Å². The van der Waals surface area contributed by atoms with Crippen molar-refractivity contribution < 1.29 is 9.53 Å². The highest BCUT2D eigenvalue weighted by atomic mass is 16.5. The average molecular weight is 414 g/mol. The molecular weight excluding hydrogens is 382 g/mol. The third-order valence-corrected chi connectivity index (χ3v) is 6.02. The van der Waals surface area contributed by atoms with Gasteiger partial charge in [-0.2, -0.15) is 0 Å². The third-order valence-electron chi connectivity index (χ3n) is 6.02. The number of aromatic nitrogens is 4. The minimum absolute atomic E-state index is 0.215. The van der Waals surface area contributed by atoms with Gasteiger partial charge < -0.3 is 9.64 Å². The normalized spacial score (nSPS) is 21.1. The van der Waals surface area contributed by atoms with E-state index in [0.29, 0.717) is 13.0 Å². The van der Waals surface area contributed by atoms with Crippen molar-refractivity contribution in [2.45, 2.75) is 32.0 Å². The lowest BCUT2D eigenvalue weighted by atomic mass is 10.0. The molecule has 0 radical (unpaired) electrons. The first-order valence-electron chi connectivity index (χ1n) is 10.8. The van der Waals surface area contributed by atoms with Crippen LogP contribution < -0.4 is 0 Å². The Labute approximate surface area is 177 Å². The first kappa shape index (κ1) is 20.9. The topological polar surface area (TPSA) is 79.6 Å². The quantitative estimate of drug-likeness (QED) is 0.664. The summed E-state index contributed by atoms with van der Waals surface area (Å²) in [7, 11) is 2.13. The summed E-state index contributed by atoms with van der Waals surface area (Å²) in [5, 5.41) is 12.1. The largest absolute Gasteiger partial charge is 0.379 e. The first-order chi connectivity index (χ1) is 14.7. The zero-order valence-electron chi connectivity index (χ0n) is 17.7. The number of nitrogens with zero attached hydrogens (tertiary/aromatic N) is 7. The van der Waals surface area contributed by atoms with E-state index < -0.39 is 0 Å². The fraction of sp³-hybridized carbons (Fsp3) is 0.619. The molecule has 0 N–H and O–H groups in total. The summed E-state index contributed by atoms with van der Waals surface area (Å²) >= 11 is 0. The van der Waals surface area contributed by atoms with E-state index in [-0.39, 0.29) is 11.9 Å². The number of carbonyl (C=O) groups excluding carboxylic acids is 1. The summed E-state index contributed by atoms with van der Waals surface area (Å²) in [6, 6.07) is 10.7. The van der Waals surface area contributed by atoms with Crippen LogP contribution >= 0.6 is 0 Å². The van der Waals surface area contributed by atoms with Crippen molar-refractivity contribution in [1.82, 2.24) is 34.9 Å². The van der Waals surface area contributed by atoms with E-state index in [2.05, 4.69) is 56.6 Å². The molecule has 1 aromatic heterocycles. The number of hydrogen-bond donors (Lipinski definition) is 0. The Morgan fingerprint density at radius 1 is 1.13 bits per heavy atom. The number of piperazine rings is 1. The van der Waals surface area contributed by atoms with Gasteiger partial charge in [0.15, 0.2) is 5.82 Å². The second-order valence-corrected chi connectivity index (χ2v) is 8.06. The second kappa shape index (κ2) is 10.1. The molecule has 1 unspecified atom stereocenters. The zero-order valence-corrected chi connectivity index (χ0v) is 17.7. The van der Waals surface area contributed by atoms with Crippen molar-refractivity contribution in [3.63, 3.8) is 0 Å². The Kier molecular flexibility index (Phi) is 7.03. The number of ether oxygens (including phenoxy) is 1. The Morgan fingerprint density at radius 3 is 2.73 bits per heavy atom. The number of benzene rings is 1. The lowest BCUT2D eigenvalue weighted by Crippen LogP contribution is -2.49. The molecule has 0 saturated carbocycles. The Balaban J connectivity index is 1.26. The Bertz CT molecular complexity index is 807. The van der Waals surface area contributed by atoms with E-state index in [4.69, 9.17) is 4.74 Å². The van der Waals surface area contributed by atoms with Gasteiger partial charge in [-0.25, -0.2) is 4.68 Å². The van der Waals surface area contributed by atoms with Crippen molar-refractivity contribution in [3.8, 4) is 0 Å². The van der Waals surface area contributed by atoms with Crippen LogP contribution in [-0.2, 0) is 22.6 Å². The predicted octanol–water partition coefficient (Wildman–Crippen LogP) is 0.801. The number of rotatable bonds is 7. The summed E-state index contributed by atoms with van der Waals surface area (Å²) in [6.45, 7) is 7.11. The van der Waals surface area contributed by atoms with E-state index in [1.807, 2.05) is 15.6 Å². The van der Waals surface area contributed by atoms with Gasteiger partial charge in [-0.1, -0.05) is 30.3 Å². The predicted molar refractivity (Wildman–Crippen MR) is 112 cm³/mol. The second-order valence-electron chi connectivity index (χ2n) is 8.06. The van der Waals surface area contributed by atoms with E-state index >= 15 is 0 Å². The SMILES string of the molecule is CN1CCN(C(=O)CCCn2nnnc2CN2CCOCC2)CC1c1ccccc1. The molecule has 2 aliphatic heterocycles. The molecular formula is C21H31N7O2. The van der Waals surface area contributed by atoms with Crippen LogP contribution in [0.3, 0.4) is 0 Å². The summed E-state index contributed by atoms with van der Waals surface area (Å²) in [5.74, 6) is 1.07. The molecule has 0 bridgehead atoms.